The maximum Gasteiger partial charge on any atom is 0.191 e. The van der Waals surface area contributed by atoms with E-state index in [9.17, 15) is 0 Å². The molecule has 0 aliphatic carbocycles. The van der Waals surface area contributed by atoms with Gasteiger partial charge >= 0.3 is 0 Å². The number of hydrogen-bond donors (Lipinski definition) is 2. The number of rotatable bonds is 8. The van der Waals surface area contributed by atoms with Gasteiger partial charge in [0.05, 0.1) is 6.54 Å². The number of nitrogens with zero attached hydrogens (tertiary/aromatic N) is 3. The van der Waals surface area contributed by atoms with E-state index >= 15 is 0 Å². The fourth-order valence-electron chi connectivity index (χ4n) is 3.89. The highest BCUT2D eigenvalue weighted by Crippen LogP contribution is 2.25. The average Bonchev–Trinajstić information content (AvgIpc) is 3.25. The quantitative estimate of drug-likeness (QED) is 0.306. The molecule has 2 heterocycles. The van der Waals surface area contributed by atoms with Crippen molar-refractivity contribution in [2.24, 2.45) is 4.99 Å². The summed E-state index contributed by atoms with van der Waals surface area (Å²) in [7, 11) is 0. The molecule has 1 aromatic carbocycles. The molecule has 1 aromatic rings. The van der Waals surface area contributed by atoms with Crippen molar-refractivity contribution in [2.45, 2.75) is 45.0 Å². The van der Waals surface area contributed by atoms with E-state index in [2.05, 4.69) is 70.3 Å². The Morgan fingerprint density at radius 1 is 1.07 bits per heavy atom. The van der Waals surface area contributed by atoms with Crippen molar-refractivity contribution in [1.82, 2.24) is 20.4 Å². The Bertz CT molecular complexity index is 613. The summed E-state index contributed by atoms with van der Waals surface area (Å²) >= 11 is 2.09. The molecule has 2 fully saturated rings. The summed E-state index contributed by atoms with van der Waals surface area (Å²) in [5, 5.41) is 7.68. The standard InChI is InChI=1S/C22H37N5S.HI/c1-3-23-22(25-17-21-10-7-15-28-21)24-16-19-8-5-6-9-20(19)18-27-13-11-26(4-2)12-14-27;/h5-6,8-9,21H,3-4,7,10-18H2,1-2H3,(H2,23,24,25);1H. The Morgan fingerprint density at radius 2 is 1.79 bits per heavy atom. The van der Waals surface area contributed by atoms with Crippen LogP contribution in [0.1, 0.15) is 37.8 Å². The van der Waals surface area contributed by atoms with Gasteiger partial charge in [-0.05, 0) is 43.2 Å². The Hall–Kier alpha value is -0.510. The first-order chi connectivity index (χ1) is 13.8. The minimum absolute atomic E-state index is 0. The lowest BCUT2D eigenvalue weighted by Crippen LogP contribution is -2.45. The van der Waals surface area contributed by atoms with Gasteiger partial charge in [0.25, 0.3) is 0 Å². The van der Waals surface area contributed by atoms with Crippen LogP contribution in [0.15, 0.2) is 29.3 Å². The number of likely N-dealkylation sites (N-methyl/N-ethyl adjacent to an activating group) is 1. The van der Waals surface area contributed by atoms with Crippen LogP contribution in [-0.4, -0.2) is 72.6 Å². The summed E-state index contributed by atoms with van der Waals surface area (Å²) in [5.74, 6) is 2.25. The second-order valence-corrected chi connectivity index (χ2v) is 9.10. The lowest BCUT2D eigenvalue weighted by atomic mass is 10.1. The molecule has 3 rings (SSSR count). The van der Waals surface area contributed by atoms with E-state index in [1.54, 1.807) is 0 Å². The van der Waals surface area contributed by atoms with Crippen LogP contribution in [0.4, 0.5) is 0 Å². The van der Waals surface area contributed by atoms with Crippen LogP contribution in [0.3, 0.4) is 0 Å². The van der Waals surface area contributed by atoms with Crippen LogP contribution in [-0.2, 0) is 13.1 Å². The van der Waals surface area contributed by atoms with Crippen molar-refractivity contribution >= 4 is 41.7 Å². The number of benzene rings is 1. The first kappa shape index (κ1) is 24.8. The zero-order chi connectivity index (χ0) is 19.6. The molecule has 1 unspecified atom stereocenters. The van der Waals surface area contributed by atoms with Crippen LogP contribution >= 0.6 is 35.7 Å². The molecule has 1 atom stereocenters. The van der Waals surface area contributed by atoms with Crippen LogP contribution < -0.4 is 10.6 Å². The molecular weight excluding hydrogens is 493 g/mol. The maximum absolute atomic E-state index is 4.88. The van der Waals surface area contributed by atoms with E-state index in [1.807, 2.05) is 0 Å². The minimum Gasteiger partial charge on any atom is -0.357 e. The third-order valence-electron chi connectivity index (χ3n) is 5.70. The molecule has 29 heavy (non-hydrogen) atoms. The molecule has 2 N–H and O–H groups in total. The van der Waals surface area contributed by atoms with Crippen molar-refractivity contribution in [3.63, 3.8) is 0 Å². The summed E-state index contributed by atoms with van der Waals surface area (Å²) in [6, 6.07) is 8.80. The summed E-state index contributed by atoms with van der Waals surface area (Å²) < 4.78 is 0. The van der Waals surface area contributed by atoms with Gasteiger partial charge in [-0.3, -0.25) is 4.90 Å². The molecule has 5 nitrogen and oxygen atoms in total. The fourth-order valence-corrected chi connectivity index (χ4v) is 5.09. The van der Waals surface area contributed by atoms with E-state index in [1.165, 1.54) is 49.4 Å². The fraction of sp³-hybridized carbons (Fsp3) is 0.682. The second kappa shape index (κ2) is 13.7. The topological polar surface area (TPSA) is 42.9 Å². The van der Waals surface area contributed by atoms with Crippen molar-refractivity contribution in [3.8, 4) is 0 Å². The van der Waals surface area contributed by atoms with Crippen LogP contribution in [0.5, 0.6) is 0 Å². The number of hydrogen-bond acceptors (Lipinski definition) is 4. The third kappa shape index (κ3) is 8.26. The van der Waals surface area contributed by atoms with Crippen LogP contribution in [0, 0.1) is 0 Å². The molecule has 0 bridgehead atoms. The number of halogens is 1. The monoisotopic (exact) mass is 531 g/mol. The van der Waals surface area contributed by atoms with Gasteiger partial charge in [-0.1, -0.05) is 31.2 Å². The van der Waals surface area contributed by atoms with Gasteiger partial charge in [0.2, 0.25) is 0 Å². The summed E-state index contributed by atoms with van der Waals surface area (Å²) in [4.78, 5) is 9.99. The molecule has 2 aliphatic rings. The molecule has 0 amide bonds. The van der Waals surface area contributed by atoms with E-state index in [-0.39, 0.29) is 24.0 Å². The van der Waals surface area contributed by atoms with E-state index < -0.39 is 0 Å². The van der Waals surface area contributed by atoms with Gasteiger partial charge < -0.3 is 15.5 Å². The SMILES string of the molecule is CCNC(=NCc1ccccc1CN1CCN(CC)CC1)NCC1CCCS1.I. The highest BCUT2D eigenvalue weighted by molar-refractivity contribution is 14.0. The summed E-state index contributed by atoms with van der Waals surface area (Å²) in [5.41, 5.74) is 2.76. The molecule has 2 aliphatic heterocycles. The molecule has 0 saturated carbocycles. The van der Waals surface area contributed by atoms with Crippen molar-refractivity contribution in [2.75, 3.05) is 51.6 Å². The van der Waals surface area contributed by atoms with E-state index in [0.717, 1.165) is 50.5 Å². The summed E-state index contributed by atoms with van der Waals surface area (Å²) in [6.45, 7) is 13.9. The molecule has 7 heteroatoms. The third-order valence-corrected chi connectivity index (χ3v) is 7.10. The van der Waals surface area contributed by atoms with Crippen LogP contribution in [0.25, 0.3) is 0 Å². The number of thioether (sulfide) groups is 1. The number of piperazine rings is 1. The lowest BCUT2D eigenvalue weighted by molar-refractivity contribution is 0.131. The Kier molecular flexibility index (Phi) is 11.7. The summed E-state index contributed by atoms with van der Waals surface area (Å²) in [6.07, 6.45) is 2.68. The highest BCUT2D eigenvalue weighted by atomic mass is 127. The second-order valence-electron chi connectivity index (χ2n) is 7.69. The lowest BCUT2D eigenvalue weighted by Gasteiger charge is -2.34. The molecule has 0 radical (unpaired) electrons. The van der Waals surface area contributed by atoms with Gasteiger partial charge in [0, 0.05) is 51.1 Å². The zero-order valence-electron chi connectivity index (χ0n) is 18.0. The van der Waals surface area contributed by atoms with Gasteiger partial charge in [-0.2, -0.15) is 11.8 Å². The van der Waals surface area contributed by atoms with E-state index in [4.69, 9.17) is 4.99 Å². The number of aliphatic imine (C=N–C) groups is 1. The molecular formula is C22H38IN5S. The van der Waals surface area contributed by atoms with Gasteiger partial charge in [0.15, 0.2) is 5.96 Å². The zero-order valence-corrected chi connectivity index (χ0v) is 21.2. The van der Waals surface area contributed by atoms with Gasteiger partial charge in [-0.25, -0.2) is 4.99 Å². The van der Waals surface area contributed by atoms with Crippen molar-refractivity contribution in [3.05, 3.63) is 35.4 Å². The van der Waals surface area contributed by atoms with Gasteiger partial charge in [-0.15, -0.1) is 24.0 Å². The highest BCUT2D eigenvalue weighted by Gasteiger charge is 2.17. The molecule has 0 spiro atoms. The predicted molar refractivity (Wildman–Crippen MR) is 138 cm³/mol. The number of nitrogens with one attached hydrogen (secondary N) is 2. The van der Waals surface area contributed by atoms with E-state index in [0.29, 0.717) is 0 Å². The molecule has 0 aromatic heterocycles. The first-order valence-electron chi connectivity index (χ1n) is 10.9. The Labute approximate surface area is 198 Å². The van der Waals surface area contributed by atoms with Crippen LogP contribution in [0.2, 0.25) is 0 Å². The maximum atomic E-state index is 4.88. The number of guanidine groups is 1. The van der Waals surface area contributed by atoms with Crippen molar-refractivity contribution in [1.29, 1.82) is 0 Å². The first-order valence-corrected chi connectivity index (χ1v) is 12.0. The average molecular weight is 532 g/mol. The molecule has 164 valence electrons. The predicted octanol–water partition coefficient (Wildman–Crippen LogP) is 3.39. The molecule has 2 saturated heterocycles. The largest absolute Gasteiger partial charge is 0.357 e. The van der Waals surface area contributed by atoms with Gasteiger partial charge in [0.1, 0.15) is 0 Å². The Morgan fingerprint density at radius 3 is 2.45 bits per heavy atom. The smallest absolute Gasteiger partial charge is 0.191 e. The normalized spacial score (nSPS) is 21.0. The van der Waals surface area contributed by atoms with Crippen molar-refractivity contribution < 1.29 is 0 Å². The Balaban J connectivity index is 0.00000300. The minimum atomic E-state index is 0.